The zero-order valence-electron chi connectivity index (χ0n) is 10.6. The number of aliphatic carboxylic acids is 2. The van der Waals surface area contributed by atoms with Crippen LogP contribution < -0.4 is 0 Å². The van der Waals surface area contributed by atoms with Crippen LogP contribution in [-0.4, -0.2) is 39.9 Å². The lowest BCUT2D eigenvalue weighted by Gasteiger charge is -2.18. The number of rotatable bonds is 7. The van der Waals surface area contributed by atoms with E-state index in [0.29, 0.717) is 5.56 Å². The second kappa shape index (κ2) is 6.90. The number of carbonyl (C=O) groups is 2. The first-order chi connectivity index (χ1) is 9.36. The summed E-state index contributed by atoms with van der Waals surface area (Å²) in [5.74, 6) is -6.23. The fourth-order valence-corrected chi connectivity index (χ4v) is 2.27. The lowest BCUT2D eigenvalue weighted by atomic mass is 9.86. The summed E-state index contributed by atoms with van der Waals surface area (Å²) in [7, 11) is 0. The summed E-state index contributed by atoms with van der Waals surface area (Å²) >= 11 is 1.46. The van der Waals surface area contributed by atoms with Gasteiger partial charge in [0.05, 0.1) is 5.92 Å². The maximum Gasteiger partial charge on any atom is 0.318 e. The SMILES string of the molecule is CSc1ccc([C@H](C[N+](=O)[O-])C(C(=O)O)C(=O)O)cc1. The van der Waals surface area contributed by atoms with Crippen LogP contribution in [0.3, 0.4) is 0 Å². The average molecular weight is 299 g/mol. The average Bonchev–Trinajstić information content (AvgIpc) is 2.36. The third kappa shape index (κ3) is 3.95. The molecule has 7 nitrogen and oxygen atoms in total. The van der Waals surface area contributed by atoms with Crippen LogP contribution in [-0.2, 0) is 9.59 Å². The molecule has 1 aromatic carbocycles. The zero-order chi connectivity index (χ0) is 15.3. The Balaban J connectivity index is 3.18. The van der Waals surface area contributed by atoms with Gasteiger partial charge in [0.1, 0.15) is 0 Å². The molecule has 0 aliphatic heterocycles. The van der Waals surface area contributed by atoms with Gasteiger partial charge in [0, 0.05) is 9.82 Å². The Labute approximate surface area is 118 Å². The van der Waals surface area contributed by atoms with Gasteiger partial charge in [0.25, 0.3) is 0 Å². The molecule has 0 fully saturated rings. The van der Waals surface area contributed by atoms with Crippen molar-refractivity contribution in [1.29, 1.82) is 0 Å². The zero-order valence-corrected chi connectivity index (χ0v) is 11.4. The first-order valence-corrected chi connectivity index (χ1v) is 6.80. The number of nitro groups is 1. The Bertz CT molecular complexity index is 501. The molecule has 1 rings (SSSR count). The number of hydrogen-bond acceptors (Lipinski definition) is 5. The topological polar surface area (TPSA) is 118 Å². The molecule has 0 spiro atoms. The van der Waals surface area contributed by atoms with Crippen molar-refractivity contribution in [1.82, 2.24) is 0 Å². The third-order valence-corrected chi connectivity index (χ3v) is 3.57. The highest BCUT2D eigenvalue weighted by Gasteiger charge is 2.39. The molecule has 0 amide bonds. The van der Waals surface area contributed by atoms with E-state index in [2.05, 4.69) is 0 Å². The Hall–Kier alpha value is -2.09. The molecule has 0 saturated carbocycles. The van der Waals surface area contributed by atoms with E-state index in [9.17, 15) is 19.7 Å². The van der Waals surface area contributed by atoms with Crippen molar-refractivity contribution in [3.63, 3.8) is 0 Å². The number of carboxylic acid groups (broad SMARTS) is 2. The van der Waals surface area contributed by atoms with Crippen LogP contribution in [0.25, 0.3) is 0 Å². The molecule has 1 aromatic rings. The molecule has 1 atom stereocenters. The first-order valence-electron chi connectivity index (χ1n) is 5.58. The monoisotopic (exact) mass is 299 g/mol. The molecule has 0 aliphatic carbocycles. The highest BCUT2D eigenvalue weighted by Crippen LogP contribution is 2.27. The lowest BCUT2D eigenvalue weighted by Crippen LogP contribution is -2.33. The molecule has 20 heavy (non-hydrogen) atoms. The number of hydrogen-bond donors (Lipinski definition) is 2. The highest BCUT2D eigenvalue weighted by atomic mass is 32.2. The maximum atomic E-state index is 11.1. The number of thioether (sulfide) groups is 1. The standard InChI is InChI=1S/C12H13NO6S/c1-20-8-4-2-7(3-5-8)9(6-13(18)19)10(11(14)15)12(16)17/h2-5,9-10H,6H2,1H3,(H,14,15)(H,16,17)/t9-/m0/s1. The molecular formula is C12H13NO6S. The summed E-state index contributed by atoms with van der Waals surface area (Å²) < 4.78 is 0. The summed E-state index contributed by atoms with van der Waals surface area (Å²) in [4.78, 5) is 33.0. The number of nitrogens with zero attached hydrogens (tertiary/aromatic N) is 1. The summed E-state index contributed by atoms with van der Waals surface area (Å²) in [5, 5.41) is 28.6. The van der Waals surface area contributed by atoms with E-state index in [1.165, 1.54) is 23.9 Å². The van der Waals surface area contributed by atoms with Crippen molar-refractivity contribution in [2.24, 2.45) is 5.92 Å². The summed E-state index contributed by atoms with van der Waals surface area (Å²) in [6.45, 7) is -0.748. The normalized spacial score (nSPS) is 12.1. The fourth-order valence-electron chi connectivity index (χ4n) is 1.86. The van der Waals surface area contributed by atoms with Gasteiger partial charge in [-0.3, -0.25) is 19.7 Å². The predicted molar refractivity (Wildman–Crippen MR) is 71.6 cm³/mol. The van der Waals surface area contributed by atoms with E-state index in [0.717, 1.165) is 4.90 Å². The molecule has 0 saturated heterocycles. The molecule has 0 unspecified atom stereocenters. The minimum atomic E-state index is -1.85. The van der Waals surface area contributed by atoms with Gasteiger partial charge < -0.3 is 10.2 Å². The Morgan fingerprint density at radius 3 is 2.10 bits per heavy atom. The van der Waals surface area contributed by atoms with Crippen LogP contribution in [0.5, 0.6) is 0 Å². The second-order valence-corrected chi connectivity index (χ2v) is 4.93. The minimum absolute atomic E-state index is 0.328. The first kappa shape index (κ1) is 16.0. The molecule has 0 aromatic heterocycles. The van der Waals surface area contributed by atoms with Crippen LogP contribution in [0, 0.1) is 16.0 Å². The van der Waals surface area contributed by atoms with E-state index >= 15 is 0 Å². The molecule has 0 heterocycles. The van der Waals surface area contributed by atoms with E-state index in [4.69, 9.17) is 10.2 Å². The Morgan fingerprint density at radius 2 is 1.75 bits per heavy atom. The fraction of sp³-hybridized carbons (Fsp3) is 0.333. The van der Waals surface area contributed by atoms with Gasteiger partial charge in [-0.2, -0.15) is 0 Å². The largest absolute Gasteiger partial charge is 0.481 e. The molecule has 2 N–H and O–H groups in total. The molecule has 0 radical (unpaired) electrons. The van der Waals surface area contributed by atoms with Crippen LogP contribution in [0.1, 0.15) is 11.5 Å². The third-order valence-electron chi connectivity index (χ3n) is 2.82. The van der Waals surface area contributed by atoms with E-state index in [1.54, 1.807) is 12.1 Å². The second-order valence-electron chi connectivity index (χ2n) is 4.05. The molecule has 108 valence electrons. The number of benzene rings is 1. The predicted octanol–water partition coefficient (Wildman–Crippen LogP) is 1.55. The minimum Gasteiger partial charge on any atom is -0.481 e. The van der Waals surface area contributed by atoms with Gasteiger partial charge in [-0.25, -0.2) is 0 Å². The van der Waals surface area contributed by atoms with E-state index < -0.39 is 35.2 Å². The quantitative estimate of drug-likeness (QED) is 0.339. The molecule has 0 aliphatic rings. The number of carboxylic acids is 2. The Kier molecular flexibility index (Phi) is 5.51. The molecule has 8 heteroatoms. The van der Waals surface area contributed by atoms with Crippen LogP contribution in [0.15, 0.2) is 29.2 Å². The van der Waals surface area contributed by atoms with Crippen LogP contribution in [0.2, 0.25) is 0 Å². The van der Waals surface area contributed by atoms with E-state index in [-0.39, 0.29) is 0 Å². The van der Waals surface area contributed by atoms with Gasteiger partial charge >= 0.3 is 11.9 Å². The van der Waals surface area contributed by atoms with Crippen molar-refractivity contribution >= 4 is 23.7 Å². The van der Waals surface area contributed by atoms with Crippen molar-refractivity contribution in [3.8, 4) is 0 Å². The maximum absolute atomic E-state index is 11.1. The molecule has 0 bridgehead atoms. The van der Waals surface area contributed by atoms with Gasteiger partial charge in [-0.05, 0) is 24.0 Å². The van der Waals surface area contributed by atoms with Gasteiger partial charge in [-0.1, -0.05) is 12.1 Å². The van der Waals surface area contributed by atoms with Crippen molar-refractivity contribution < 1.29 is 24.7 Å². The lowest BCUT2D eigenvalue weighted by molar-refractivity contribution is -0.484. The highest BCUT2D eigenvalue weighted by molar-refractivity contribution is 7.98. The van der Waals surface area contributed by atoms with Crippen LogP contribution >= 0.6 is 11.8 Å². The smallest absolute Gasteiger partial charge is 0.318 e. The molecular weight excluding hydrogens is 286 g/mol. The Morgan fingerprint density at radius 1 is 1.25 bits per heavy atom. The van der Waals surface area contributed by atoms with Crippen molar-refractivity contribution in [2.45, 2.75) is 10.8 Å². The van der Waals surface area contributed by atoms with Gasteiger partial charge in [0.2, 0.25) is 6.54 Å². The van der Waals surface area contributed by atoms with E-state index in [1.807, 2.05) is 6.26 Å². The van der Waals surface area contributed by atoms with Gasteiger partial charge in [-0.15, -0.1) is 11.8 Å². The summed E-state index contributed by atoms with van der Waals surface area (Å²) in [6.07, 6.45) is 1.85. The van der Waals surface area contributed by atoms with Gasteiger partial charge in [0.15, 0.2) is 5.92 Å². The van der Waals surface area contributed by atoms with Crippen molar-refractivity contribution in [2.75, 3.05) is 12.8 Å². The van der Waals surface area contributed by atoms with Crippen molar-refractivity contribution in [3.05, 3.63) is 39.9 Å². The summed E-state index contributed by atoms with van der Waals surface area (Å²) in [6, 6.07) is 6.40. The van der Waals surface area contributed by atoms with Crippen LogP contribution in [0.4, 0.5) is 0 Å². The summed E-state index contributed by atoms with van der Waals surface area (Å²) in [5.41, 5.74) is 0.328.